The van der Waals surface area contributed by atoms with Crippen molar-refractivity contribution >= 4 is 11.9 Å². The number of aromatic hydroxyl groups is 1. The number of rotatable bonds is 8. The predicted molar refractivity (Wildman–Crippen MR) is 161 cm³/mol. The molecule has 1 aliphatic heterocycles. The second-order valence-electron chi connectivity index (χ2n) is 12.3. The van der Waals surface area contributed by atoms with Crippen molar-refractivity contribution in [2.45, 2.75) is 90.1 Å². The molecule has 10 nitrogen and oxygen atoms in total. The molecular formula is C32H48N4O6. The van der Waals surface area contributed by atoms with E-state index in [4.69, 9.17) is 15.2 Å². The second kappa shape index (κ2) is 14.5. The Bertz CT molecular complexity index is 1170. The molecule has 2 fully saturated rings. The maximum Gasteiger partial charge on any atom is 0.302 e. The minimum Gasteiger partial charge on any atom is -0.504 e. The van der Waals surface area contributed by atoms with Crippen LogP contribution in [0.15, 0.2) is 17.1 Å². The van der Waals surface area contributed by atoms with Gasteiger partial charge >= 0.3 is 5.97 Å². The van der Waals surface area contributed by atoms with Gasteiger partial charge < -0.3 is 41.2 Å². The zero-order valence-corrected chi connectivity index (χ0v) is 25.2. The molecule has 1 aromatic rings. The lowest BCUT2D eigenvalue weighted by Crippen LogP contribution is -2.48. The molecule has 1 saturated heterocycles. The maximum absolute atomic E-state index is 12.2. The summed E-state index contributed by atoms with van der Waals surface area (Å²) in [6.45, 7) is 5.58. The standard InChI is InChI=1S/C32H48N4O6/c1-20-6-7-23-17-32(20,19-36-31(33)34-3)10-4-5-22(29(16-27(23)39)41-21(2)38)13-24-15-30(28(40)14-25(24)18-37)42-26-8-11-35-12-9-26/h14-15,20,22-23,26-27,29,35,37,39-40H,5-9,11-13,16-19H2,1-3H3,(H3,33,34,36)/t20-,22+,23+,27-,29+,32-/m1/s1. The third-order valence-corrected chi connectivity index (χ3v) is 9.44. The fourth-order valence-electron chi connectivity index (χ4n) is 6.77. The number of piperidine rings is 1. The number of benzene rings is 1. The number of nitrogens with two attached hydrogens (primary N) is 1. The first-order chi connectivity index (χ1) is 20.1. The van der Waals surface area contributed by atoms with Crippen molar-refractivity contribution in [1.82, 2.24) is 10.6 Å². The molecule has 1 saturated carbocycles. The molecule has 0 aromatic heterocycles. The highest BCUT2D eigenvalue weighted by Gasteiger charge is 2.44. The van der Waals surface area contributed by atoms with Crippen molar-refractivity contribution in [1.29, 1.82) is 0 Å². The fraction of sp³-hybridized carbons (Fsp3) is 0.688. The van der Waals surface area contributed by atoms with Crippen molar-refractivity contribution in [2.24, 2.45) is 33.9 Å². The lowest BCUT2D eigenvalue weighted by atomic mass is 9.61. The van der Waals surface area contributed by atoms with Gasteiger partial charge in [0, 0.05) is 39.3 Å². The van der Waals surface area contributed by atoms with Crippen molar-refractivity contribution in [3.8, 4) is 23.3 Å². The Morgan fingerprint density at radius 3 is 2.69 bits per heavy atom. The summed E-state index contributed by atoms with van der Waals surface area (Å²) in [5, 5.41) is 38.9. The Labute approximate surface area is 249 Å². The first-order valence-corrected chi connectivity index (χ1v) is 15.3. The number of nitrogens with zero attached hydrogens (tertiary/aromatic N) is 1. The zero-order chi connectivity index (χ0) is 30.3. The lowest BCUT2D eigenvalue weighted by Gasteiger charge is -2.45. The van der Waals surface area contributed by atoms with E-state index in [-0.39, 0.29) is 35.7 Å². The van der Waals surface area contributed by atoms with E-state index in [2.05, 4.69) is 34.4 Å². The summed E-state index contributed by atoms with van der Waals surface area (Å²) in [6, 6.07) is 3.35. The first kappa shape index (κ1) is 31.9. The van der Waals surface area contributed by atoms with Crippen molar-refractivity contribution in [3.63, 3.8) is 0 Å². The van der Waals surface area contributed by atoms with E-state index in [0.29, 0.717) is 55.4 Å². The van der Waals surface area contributed by atoms with Gasteiger partial charge in [-0.15, -0.1) is 5.92 Å². The summed E-state index contributed by atoms with van der Waals surface area (Å²) in [5.74, 6) is 7.40. The van der Waals surface area contributed by atoms with E-state index in [9.17, 15) is 20.1 Å². The number of hydrogen-bond donors (Lipinski definition) is 6. The maximum atomic E-state index is 12.2. The molecule has 1 aromatic carbocycles. The highest BCUT2D eigenvalue weighted by molar-refractivity contribution is 5.77. The van der Waals surface area contributed by atoms with Gasteiger partial charge in [0.25, 0.3) is 0 Å². The van der Waals surface area contributed by atoms with Crippen LogP contribution in [0.4, 0.5) is 0 Å². The molecule has 42 heavy (non-hydrogen) atoms. The van der Waals surface area contributed by atoms with Crippen molar-refractivity contribution < 1.29 is 29.6 Å². The normalized spacial score (nSPS) is 30.5. The van der Waals surface area contributed by atoms with Gasteiger partial charge in [-0.25, -0.2) is 0 Å². The van der Waals surface area contributed by atoms with Crippen LogP contribution >= 0.6 is 0 Å². The monoisotopic (exact) mass is 584 g/mol. The third kappa shape index (κ3) is 7.88. The number of carbonyl (C=O) groups is 1. The zero-order valence-electron chi connectivity index (χ0n) is 25.2. The molecule has 3 aliphatic rings. The van der Waals surface area contributed by atoms with Crippen LogP contribution in [0.2, 0.25) is 0 Å². The molecule has 0 unspecified atom stereocenters. The number of nitrogens with one attached hydrogen (secondary N) is 2. The summed E-state index contributed by atoms with van der Waals surface area (Å²) in [4.78, 5) is 16.3. The molecule has 2 bridgehead atoms. The van der Waals surface area contributed by atoms with Crippen LogP contribution in [0.1, 0.15) is 69.9 Å². The van der Waals surface area contributed by atoms with E-state index < -0.39 is 18.2 Å². The molecule has 1 heterocycles. The van der Waals surface area contributed by atoms with Gasteiger partial charge in [0.15, 0.2) is 17.5 Å². The number of guanidine groups is 1. The summed E-state index contributed by atoms with van der Waals surface area (Å²) in [5.41, 5.74) is 6.97. The molecule has 0 radical (unpaired) electrons. The number of aliphatic hydroxyl groups is 2. The average Bonchev–Trinajstić information content (AvgIpc) is 2.97. The minimum atomic E-state index is -0.670. The van der Waals surface area contributed by atoms with Crippen LogP contribution < -0.4 is 21.1 Å². The number of carbonyl (C=O) groups excluding carboxylic acids is 1. The predicted octanol–water partition coefficient (Wildman–Crippen LogP) is 2.22. The highest BCUT2D eigenvalue weighted by atomic mass is 16.5. The van der Waals surface area contributed by atoms with Gasteiger partial charge in [-0.05, 0) is 86.7 Å². The Kier molecular flexibility index (Phi) is 11.0. The number of ether oxygens (including phenoxy) is 2. The smallest absolute Gasteiger partial charge is 0.302 e. The Morgan fingerprint density at radius 2 is 2.00 bits per heavy atom. The van der Waals surface area contributed by atoms with E-state index in [0.717, 1.165) is 44.3 Å². The summed E-state index contributed by atoms with van der Waals surface area (Å²) in [6.07, 6.45) is 4.11. The minimum absolute atomic E-state index is 0.000517. The molecule has 7 N–H and O–H groups in total. The highest BCUT2D eigenvalue weighted by Crippen LogP contribution is 2.46. The number of hydrogen-bond acceptors (Lipinski definition) is 8. The lowest BCUT2D eigenvalue weighted by molar-refractivity contribution is -0.151. The van der Waals surface area contributed by atoms with E-state index in [1.165, 1.54) is 6.92 Å². The fourth-order valence-corrected chi connectivity index (χ4v) is 6.77. The number of aliphatic imine (C=N–C) groups is 1. The molecular weight excluding hydrogens is 536 g/mol. The van der Waals surface area contributed by atoms with E-state index in [1.807, 2.05) is 0 Å². The van der Waals surface area contributed by atoms with Gasteiger partial charge in [-0.2, -0.15) is 0 Å². The van der Waals surface area contributed by atoms with Crippen LogP contribution in [-0.4, -0.2) is 72.2 Å². The van der Waals surface area contributed by atoms with Gasteiger partial charge in [0.05, 0.1) is 18.1 Å². The molecule has 232 valence electrons. The summed E-state index contributed by atoms with van der Waals surface area (Å²) < 4.78 is 12.0. The molecule has 0 spiro atoms. The van der Waals surface area contributed by atoms with Crippen LogP contribution in [0, 0.1) is 35.0 Å². The van der Waals surface area contributed by atoms with Crippen LogP contribution in [0.3, 0.4) is 0 Å². The quantitative estimate of drug-likeness (QED) is 0.117. The van der Waals surface area contributed by atoms with Gasteiger partial charge in [-0.1, -0.05) is 12.8 Å². The molecule has 10 heteroatoms. The van der Waals surface area contributed by atoms with E-state index >= 15 is 0 Å². The number of phenolic OH excluding ortho intramolecular Hbond substituents is 1. The molecule has 6 atom stereocenters. The topological polar surface area (TPSA) is 159 Å². The van der Waals surface area contributed by atoms with Gasteiger partial charge in [0.2, 0.25) is 0 Å². The number of aliphatic hydroxyl groups excluding tert-OH is 2. The van der Waals surface area contributed by atoms with Crippen LogP contribution in [-0.2, 0) is 22.6 Å². The van der Waals surface area contributed by atoms with Gasteiger partial charge in [-0.3, -0.25) is 9.79 Å². The second-order valence-corrected chi connectivity index (χ2v) is 12.3. The molecule has 0 amide bonds. The van der Waals surface area contributed by atoms with Crippen molar-refractivity contribution in [3.05, 3.63) is 23.3 Å². The average molecular weight is 585 g/mol. The Morgan fingerprint density at radius 1 is 1.24 bits per heavy atom. The molecule has 2 aliphatic carbocycles. The van der Waals surface area contributed by atoms with Crippen LogP contribution in [0.25, 0.3) is 0 Å². The Balaban J connectivity index is 1.68. The largest absolute Gasteiger partial charge is 0.504 e. The Hall–Kier alpha value is -3.00. The van der Waals surface area contributed by atoms with Crippen molar-refractivity contribution in [2.75, 3.05) is 26.7 Å². The number of esters is 1. The SMILES string of the molecule is CN=C(N)NC[C@]12C#CC[C@@H](Cc3cc(OC4CCNCC4)c(O)cc3CO)[C@@H](OC(C)=O)C[C@@H](O)[C@@H](CC[C@H]1C)C2. The summed E-state index contributed by atoms with van der Waals surface area (Å²) >= 11 is 0. The number of phenols is 1. The van der Waals surface area contributed by atoms with Gasteiger partial charge in [0.1, 0.15) is 12.2 Å². The first-order valence-electron chi connectivity index (χ1n) is 15.3. The van der Waals surface area contributed by atoms with Crippen LogP contribution in [0.5, 0.6) is 11.5 Å². The summed E-state index contributed by atoms with van der Waals surface area (Å²) in [7, 11) is 1.64. The number of fused-ring (bicyclic) bond motifs is 2. The van der Waals surface area contributed by atoms with E-state index in [1.54, 1.807) is 19.2 Å². The molecule has 4 rings (SSSR count). The third-order valence-electron chi connectivity index (χ3n) is 9.44.